The molecule has 0 aliphatic heterocycles. The number of rotatable bonds is 3. The van der Waals surface area contributed by atoms with Crippen LogP contribution < -0.4 is 5.32 Å². The number of hydrogen-bond donors (Lipinski definition) is 1. The van der Waals surface area contributed by atoms with Crippen LogP contribution in [0.25, 0.3) is 11.0 Å². The van der Waals surface area contributed by atoms with Crippen molar-refractivity contribution in [1.82, 2.24) is 0 Å². The van der Waals surface area contributed by atoms with E-state index in [0.717, 1.165) is 27.8 Å². The standard InChI is InChI=1S/C17H14ClNO2/c1-11-2-7-15-12(10-21-16(15)8-11)9-17(20)19-14-5-3-13(18)4-6-14/h2-8,10H,9H2,1H3,(H,19,20). The number of carbonyl (C=O) groups is 1. The second kappa shape index (κ2) is 5.62. The molecular formula is C17H14ClNO2. The van der Waals surface area contributed by atoms with E-state index in [4.69, 9.17) is 16.0 Å². The minimum atomic E-state index is -0.0828. The molecule has 0 spiro atoms. The summed E-state index contributed by atoms with van der Waals surface area (Å²) in [7, 11) is 0. The number of fused-ring (bicyclic) bond motifs is 1. The molecule has 3 aromatic rings. The molecule has 0 bridgehead atoms. The van der Waals surface area contributed by atoms with E-state index in [-0.39, 0.29) is 12.3 Å². The van der Waals surface area contributed by atoms with Gasteiger partial charge in [0.15, 0.2) is 0 Å². The molecule has 106 valence electrons. The number of amides is 1. The van der Waals surface area contributed by atoms with Crippen molar-refractivity contribution < 1.29 is 9.21 Å². The van der Waals surface area contributed by atoms with Gasteiger partial charge in [0.25, 0.3) is 0 Å². The summed E-state index contributed by atoms with van der Waals surface area (Å²) in [5.74, 6) is -0.0828. The fourth-order valence-corrected chi connectivity index (χ4v) is 2.36. The Kier molecular flexibility index (Phi) is 3.67. The van der Waals surface area contributed by atoms with Gasteiger partial charge in [-0.15, -0.1) is 0 Å². The van der Waals surface area contributed by atoms with Crippen LogP contribution in [0.3, 0.4) is 0 Å². The Morgan fingerprint density at radius 1 is 1.19 bits per heavy atom. The molecule has 3 nitrogen and oxygen atoms in total. The molecule has 0 unspecified atom stereocenters. The summed E-state index contributed by atoms with van der Waals surface area (Å²) in [6, 6.07) is 13.0. The lowest BCUT2D eigenvalue weighted by Gasteiger charge is -2.04. The molecule has 1 heterocycles. The van der Waals surface area contributed by atoms with Gasteiger partial charge >= 0.3 is 0 Å². The molecule has 0 aliphatic rings. The maximum Gasteiger partial charge on any atom is 0.228 e. The van der Waals surface area contributed by atoms with Crippen LogP contribution >= 0.6 is 11.6 Å². The molecular weight excluding hydrogens is 286 g/mol. The molecule has 4 heteroatoms. The molecule has 0 radical (unpaired) electrons. The Morgan fingerprint density at radius 2 is 1.95 bits per heavy atom. The smallest absolute Gasteiger partial charge is 0.228 e. The van der Waals surface area contributed by atoms with Crippen molar-refractivity contribution in [2.45, 2.75) is 13.3 Å². The van der Waals surface area contributed by atoms with E-state index in [9.17, 15) is 4.79 Å². The highest BCUT2D eigenvalue weighted by molar-refractivity contribution is 6.30. The molecule has 0 atom stereocenters. The van der Waals surface area contributed by atoms with Crippen LogP contribution in [0.4, 0.5) is 5.69 Å². The van der Waals surface area contributed by atoms with E-state index in [1.54, 1.807) is 30.5 Å². The fraction of sp³-hybridized carbons (Fsp3) is 0.118. The Hall–Kier alpha value is -2.26. The number of hydrogen-bond acceptors (Lipinski definition) is 2. The van der Waals surface area contributed by atoms with Crippen molar-refractivity contribution >= 4 is 34.2 Å². The van der Waals surface area contributed by atoms with Gasteiger partial charge in [0.05, 0.1) is 12.7 Å². The number of carbonyl (C=O) groups excluding carboxylic acids is 1. The average Bonchev–Trinajstić information content (AvgIpc) is 2.83. The highest BCUT2D eigenvalue weighted by Gasteiger charge is 2.10. The van der Waals surface area contributed by atoms with E-state index < -0.39 is 0 Å². The number of benzene rings is 2. The Balaban J connectivity index is 1.75. The van der Waals surface area contributed by atoms with E-state index in [1.807, 2.05) is 25.1 Å². The quantitative estimate of drug-likeness (QED) is 0.769. The summed E-state index contributed by atoms with van der Waals surface area (Å²) in [5.41, 5.74) is 3.56. The van der Waals surface area contributed by atoms with Crippen LogP contribution in [0.1, 0.15) is 11.1 Å². The van der Waals surface area contributed by atoms with Crippen molar-refractivity contribution in [2.75, 3.05) is 5.32 Å². The Morgan fingerprint density at radius 3 is 2.71 bits per heavy atom. The van der Waals surface area contributed by atoms with Crippen LogP contribution in [-0.4, -0.2) is 5.91 Å². The summed E-state index contributed by atoms with van der Waals surface area (Å²) in [6.45, 7) is 2.01. The lowest BCUT2D eigenvalue weighted by molar-refractivity contribution is -0.115. The first kappa shape index (κ1) is 13.7. The summed E-state index contributed by atoms with van der Waals surface area (Å²) >= 11 is 5.82. The zero-order valence-electron chi connectivity index (χ0n) is 11.5. The van der Waals surface area contributed by atoms with E-state index in [0.29, 0.717) is 5.02 Å². The summed E-state index contributed by atoms with van der Waals surface area (Å²) in [4.78, 5) is 12.1. The van der Waals surface area contributed by atoms with Crippen molar-refractivity contribution in [3.8, 4) is 0 Å². The number of nitrogens with one attached hydrogen (secondary N) is 1. The SMILES string of the molecule is Cc1ccc2c(CC(=O)Nc3ccc(Cl)cc3)coc2c1. The van der Waals surface area contributed by atoms with E-state index >= 15 is 0 Å². The minimum Gasteiger partial charge on any atom is -0.464 e. The third-order valence-electron chi connectivity index (χ3n) is 3.29. The minimum absolute atomic E-state index is 0.0828. The first-order valence-corrected chi connectivity index (χ1v) is 7.02. The third kappa shape index (κ3) is 3.09. The van der Waals surface area contributed by atoms with Crippen LogP contribution in [0.2, 0.25) is 5.02 Å². The van der Waals surface area contributed by atoms with Gasteiger partial charge in [-0.3, -0.25) is 4.79 Å². The topological polar surface area (TPSA) is 42.2 Å². The zero-order chi connectivity index (χ0) is 14.8. The van der Waals surface area contributed by atoms with Crippen molar-refractivity contribution in [1.29, 1.82) is 0 Å². The molecule has 0 aliphatic carbocycles. The summed E-state index contributed by atoms with van der Waals surface area (Å²) < 4.78 is 5.50. The molecule has 21 heavy (non-hydrogen) atoms. The molecule has 2 aromatic carbocycles. The first-order chi connectivity index (χ1) is 10.1. The van der Waals surface area contributed by atoms with Crippen molar-refractivity contribution in [3.05, 3.63) is 64.9 Å². The number of furan rings is 1. The van der Waals surface area contributed by atoms with Gasteiger partial charge in [-0.25, -0.2) is 0 Å². The highest BCUT2D eigenvalue weighted by atomic mass is 35.5. The average molecular weight is 300 g/mol. The van der Waals surface area contributed by atoms with E-state index in [2.05, 4.69) is 5.32 Å². The predicted molar refractivity (Wildman–Crippen MR) is 84.7 cm³/mol. The van der Waals surface area contributed by atoms with Crippen molar-refractivity contribution in [3.63, 3.8) is 0 Å². The van der Waals surface area contributed by atoms with Gasteiger partial charge in [0, 0.05) is 21.7 Å². The van der Waals surface area contributed by atoms with Crippen molar-refractivity contribution in [2.24, 2.45) is 0 Å². The molecule has 0 saturated heterocycles. The lowest BCUT2D eigenvalue weighted by atomic mass is 10.1. The Bertz CT molecular complexity index is 790. The summed E-state index contributed by atoms with van der Waals surface area (Å²) in [6.07, 6.45) is 1.92. The largest absolute Gasteiger partial charge is 0.464 e. The van der Waals surface area contributed by atoms with Gasteiger partial charge in [0.2, 0.25) is 5.91 Å². The van der Waals surface area contributed by atoms with Crippen LogP contribution in [0.5, 0.6) is 0 Å². The lowest BCUT2D eigenvalue weighted by Crippen LogP contribution is -2.14. The van der Waals surface area contributed by atoms with Gasteiger partial charge in [-0.05, 0) is 42.8 Å². The maximum absolute atomic E-state index is 12.1. The van der Waals surface area contributed by atoms with Crippen LogP contribution in [0.15, 0.2) is 53.1 Å². The molecule has 3 rings (SSSR count). The van der Waals surface area contributed by atoms with Crippen LogP contribution in [-0.2, 0) is 11.2 Å². The number of halogens is 1. The Labute approximate surface area is 127 Å². The highest BCUT2D eigenvalue weighted by Crippen LogP contribution is 2.23. The van der Waals surface area contributed by atoms with E-state index in [1.165, 1.54) is 0 Å². The zero-order valence-corrected chi connectivity index (χ0v) is 12.3. The third-order valence-corrected chi connectivity index (χ3v) is 3.54. The van der Waals surface area contributed by atoms with Gasteiger partial charge in [0.1, 0.15) is 5.58 Å². The van der Waals surface area contributed by atoms with Gasteiger partial charge in [-0.2, -0.15) is 0 Å². The first-order valence-electron chi connectivity index (χ1n) is 6.64. The molecule has 1 N–H and O–H groups in total. The second-order valence-corrected chi connectivity index (χ2v) is 5.43. The molecule has 0 fully saturated rings. The molecule has 1 aromatic heterocycles. The van der Waals surface area contributed by atoms with Gasteiger partial charge in [-0.1, -0.05) is 23.7 Å². The fourth-order valence-electron chi connectivity index (χ4n) is 2.24. The second-order valence-electron chi connectivity index (χ2n) is 4.99. The number of aryl methyl sites for hydroxylation is 1. The monoisotopic (exact) mass is 299 g/mol. The van der Waals surface area contributed by atoms with Crippen LogP contribution in [0, 0.1) is 6.92 Å². The molecule has 1 amide bonds. The normalized spacial score (nSPS) is 10.8. The van der Waals surface area contributed by atoms with Gasteiger partial charge < -0.3 is 9.73 Å². The maximum atomic E-state index is 12.1. The summed E-state index contributed by atoms with van der Waals surface area (Å²) in [5, 5.41) is 4.47. The molecule has 0 saturated carbocycles. The number of anilines is 1. The predicted octanol–water partition coefficient (Wildman–Crippen LogP) is 4.58.